The molecule has 0 bridgehead atoms. The van der Waals surface area contributed by atoms with Crippen LogP contribution in [0.2, 0.25) is 0 Å². The van der Waals surface area contributed by atoms with E-state index < -0.39 is 24.5 Å². The summed E-state index contributed by atoms with van der Waals surface area (Å²) >= 11 is 0. The van der Waals surface area contributed by atoms with Gasteiger partial charge in [-0.2, -0.15) is 13.2 Å². The molecule has 106 valence electrons. The minimum absolute atomic E-state index is 0.336. The van der Waals surface area contributed by atoms with Crippen LogP contribution in [0.3, 0.4) is 0 Å². The molecule has 0 atom stereocenters. The number of carbonyl (C=O) groups is 2. The van der Waals surface area contributed by atoms with Crippen molar-refractivity contribution >= 4 is 11.8 Å². The second-order valence-corrected chi connectivity index (χ2v) is 3.56. The number of likely N-dealkylation sites (N-methyl/N-ethyl adjacent to an activating group) is 1. The Bertz CT molecular complexity index is 278. The first kappa shape index (κ1) is 16.7. The van der Waals surface area contributed by atoms with E-state index in [1.807, 2.05) is 13.8 Å². The highest BCUT2D eigenvalue weighted by Crippen LogP contribution is 2.13. The molecular formula is C10H18F3N3O2. The second-order valence-electron chi connectivity index (χ2n) is 3.56. The van der Waals surface area contributed by atoms with Gasteiger partial charge in [-0.15, -0.1) is 0 Å². The van der Waals surface area contributed by atoms with E-state index in [0.29, 0.717) is 13.1 Å². The maximum Gasteiger partial charge on any atom is 0.471 e. The SMILES string of the molecule is CCN(CC)CCNC(=O)CNC(=O)C(F)(F)F. The van der Waals surface area contributed by atoms with Crippen molar-refractivity contribution in [2.24, 2.45) is 0 Å². The molecule has 5 nitrogen and oxygen atoms in total. The topological polar surface area (TPSA) is 61.4 Å². The van der Waals surface area contributed by atoms with Crippen LogP contribution < -0.4 is 10.6 Å². The van der Waals surface area contributed by atoms with Crippen LogP contribution in [-0.2, 0) is 9.59 Å². The molecule has 0 fully saturated rings. The quantitative estimate of drug-likeness (QED) is 0.690. The molecule has 0 saturated heterocycles. The van der Waals surface area contributed by atoms with Gasteiger partial charge in [0.25, 0.3) is 0 Å². The molecule has 0 aromatic carbocycles. The predicted molar refractivity (Wildman–Crippen MR) is 59.9 cm³/mol. The van der Waals surface area contributed by atoms with Crippen LogP contribution in [0.4, 0.5) is 13.2 Å². The lowest BCUT2D eigenvalue weighted by molar-refractivity contribution is -0.173. The van der Waals surface area contributed by atoms with Crippen LogP contribution >= 0.6 is 0 Å². The van der Waals surface area contributed by atoms with Gasteiger partial charge in [0, 0.05) is 13.1 Å². The average Bonchev–Trinajstić information content (AvgIpc) is 2.30. The highest BCUT2D eigenvalue weighted by atomic mass is 19.4. The third kappa shape index (κ3) is 7.10. The number of carbonyl (C=O) groups excluding carboxylic acids is 2. The molecule has 0 aliphatic rings. The van der Waals surface area contributed by atoms with Crippen LogP contribution in [0.5, 0.6) is 0 Å². The number of alkyl halides is 3. The number of halogens is 3. The van der Waals surface area contributed by atoms with Gasteiger partial charge in [-0.3, -0.25) is 9.59 Å². The maximum atomic E-state index is 11.8. The van der Waals surface area contributed by atoms with Crippen molar-refractivity contribution in [1.82, 2.24) is 15.5 Å². The minimum Gasteiger partial charge on any atom is -0.353 e. The lowest BCUT2D eigenvalue weighted by Gasteiger charge is -2.18. The average molecular weight is 269 g/mol. The van der Waals surface area contributed by atoms with E-state index in [1.54, 1.807) is 0 Å². The monoisotopic (exact) mass is 269 g/mol. The fourth-order valence-electron chi connectivity index (χ4n) is 1.22. The Morgan fingerprint density at radius 2 is 1.67 bits per heavy atom. The zero-order valence-corrected chi connectivity index (χ0v) is 10.4. The molecule has 0 aliphatic heterocycles. The molecule has 0 aromatic rings. The summed E-state index contributed by atoms with van der Waals surface area (Å²) < 4.78 is 35.4. The van der Waals surface area contributed by atoms with Crippen LogP contribution in [-0.4, -0.2) is 55.6 Å². The molecule has 0 rings (SSSR count). The zero-order chi connectivity index (χ0) is 14.2. The molecule has 2 amide bonds. The number of nitrogens with zero attached hydrogens (tertiary/aromatic N) is 1. The number of hydrogen-bond acceptors (Lipinski definition) is 3. The van der Waals surface area contributed by atoms with Gasteiger partial charge in [-0.05, 0) is 13.1 Å². The molecule has 0 radical (unpaired) electrons. The molecule has 0 aromatic heterocycles. The van der Waals surface area contributed by atoms with Crippen molar-refractivity contribution < 1.29 is 22.8 Å². The summed E-state index contributed by atoms with van der Waals surface area (Å²) in [6.45, 7) is 5.88. The van der Waals surface area contributed by atoms with E-state index in [1.165, 1.54) is 5.32 Å². The van der Waals surface area contributed by atoms with Gasteiger partial charge in [-0.25, -0.2) is 0 Å². The van der Waals surface area contributed by atoms with E-state index in [9.17, 15) is 22.8 Å². The predicted octanol–water partition coefficient (Wildman–Crippen LogP) is 0.123. The summed E-state index contributed by atoms with van der Waals surface area (Å²) in [5.74, 6) is -2.75. The first-order valence-corrected chi connectivity index (χ1v) is 5.65. The molecule has 0 spiro atoms. The Kier molecular flexibility index (Phi) is 7.33. The fourth-order valence-corrected chi connectivity index (χ4v) is 1.22. The van der Waals surface area contributed by atoms with Crippen molar-refractivity contribution in [3.8, 4) is 0 Å². The van der Waals surface area contributed by atoms with Crippen molar-refractivity contribution in [3.63, 3.8) is 0 Å². The first-order chi connectivity index (χ1) is 8.31. The van der Waals surface area contributed by atoms with E-state index in [4.69, 9.17) is 0 Å². The van der Waals surface area contributed by atoms with Crippen LogP contribution in [0.15, 0.2) is 0 Å². The number of amides is 2. The van der Waals surface area contributed by atoms with Crippen LogP contribution in [0.1, 0.15) is 13.8 Å². The lowest BCUT2D eigenvalue weighted by atomic mass is 10.4. The van der Waals surface area contributed by atoms with Crippen molar-refractivity contribution in [3.05, 3.63) is 0 Å². The highest BCUT2D eigenvalue weighted by Gasteiger charge is 2.38. The molecule has 18 heavy (non-hydrogen) atoms. The van der Waals surface area contributed by atoms with E-state index in [0.717, 1.165) is 13.1 Å². The maximum absolute atomic E-state index is 11.8. The Balaban J connectivity index is 3.76. The van der Waals surface area contributed by atoms with Crippen LogP contribution in [0.25, 0.3) is 0 Å². The summed E-state index contributed by atoms with van der Waals surface area (Å²) in [7, 11) is 0. The first-order valence-electron chi connectivity index (χ1n) is 5.65. The third-order valence-electron chi connectivity index (χ3n) is 2.31. The van der Waals surface area contributed by atoms with Crippen LogP contribution in [0, 0.1) is 0 Å². The summed E-state index contributed by atoms with van der Waals surface area (Å²) in [5, 5.41) is 3.92. The largest absolute Gasteiger partial charge is 0.471 e. The van der Waals surface area contributed by atoms with Gasteiger partial charge in [0.05, 0.1) is 6.54 Å². The highest BCUT2D eigenvalue weighted by molar-refractivity contribution is 5.87. The number of rotatable bonds is 7. The second kappa shape index (κ2) is 7.91. The molecule has 0 aliphatic carbocycles. The van der Waals surface area contributed by atoms with Gasteiger partial charge < -0.3 is 15.5 Å². The Hall–Kier alpha value is -1.31. The van der Waals surface area contributed by atoms with Gasteiger partial charge in [0.2, 0.25) is 5.91 Å². The summed E-state index contributed by atoms with van der Waals surface area (Å²) in [5.41, 5.74) is 0. The minimum atomic E-state index is -4.96. The van der Waals surface area contributed by atoms with Crippen molar-refractivity contribution in [1.29, 1.82) is 0 Å². The standard InChI is InChI=1S/C10H18F3N3O2/c1-3-16(4-2)6-5-14-8(17)7-15-9(18)10(11,12)13/h3-7H2,1-2H3,(H,14,17)(H,15,18). The van der Waals surface area contributed by atoms with Gasteiger partial charge in [0.1, 0.15) is 0 Å². The summed E-state index contributed by atoms with van der Waals surface area (Å²) in [4.78, 5) is 23.6. The lowest BCUT2D eigenvalue weighted by Crippen LogP contribution is -2.44. The van der Waals surface area contributed by atoms with Gasteiger partial charge in [0.15, 0.2) is 0 Å². The van der Waals surface area contributed by atoms with E-state index >= 15 is 0 Å². The zero-order valence-electron chi connectivity index (χ0n) is 10.4. The van der Waals surface area contributed by atoms with Gasteiger partial charge >= 0.3 is 12.1 Å². The Labute approximate surface area is 104 Å². The van der Waals surface area contributed by atoms with Gasteiger partial charge in [-0.1, -0.05) is 13.8 Å². The summed E-state index contributed by atoms with van der Waals surface area (Å²) in [6, 6.07) is 0. The molecule has 2 N–H and O–H groups in total. The molecule has 0 heterocycles. The third-order valence-corrected chi connectivity index (χ3v) is 2.31. The smallest absolute Gasteiger partial charge is 0.353 e. The molecule has 8 heteroatoms. The number of hydrogen-bond donors (Lipinski definition) is 2. The molecular weight excluding hydrogens is 251 g/mol. The molecule has 0 saturated carbocycles. The van der Waals surface area contributed by atoms with E-state index in [2.05, 4.69) is 10.2 Å². The number of nitrogens with one attached hydrogen (secondary N) is 2. The van der Waals surface area contributed by atoms with E-state index in [-0.39, 0.29) is 0 Å². The Morgan fingerprint density at radius 3 is 2.11 bits per heavy atom. The Morgan fingerprint density at radius 1 is 1.11 bits per heavy atom. The van der Waals surface area contributed by atoms with Crippen molar-refractivity contribution in [2.75, 3.05) is 32.7 Å². The summed E-state index contributed by atoms with van der Waals surface area (Å²) in [6.07, 6.45) is -4.96. The molecule has 0 unspecified atom stereocenters. The fraction of sp³-hybridized carbons (Fsp3) is 0.800. The van der Waals surface area contributed by atoms with Crippen molar-refractivity contribution in [2.45, 2.75) is 20.0 Å². The normalized spacial score (nSPS) is 11.4.